The Morgan fingerprint density at radius 2 is 1.67 bits per heavy atom. The zero-order valence-electron chi connectivity index (χ0n) is 10.1. The number of unbranched alkanes of at least 4 members (excludes halogenated alkanes) is 3. The van der Waals surface area contributed by atoms with Crippen LogP contribution in [0.5, 0.6) is 0 Å². The van der Waals surface area contributed by atoms with Crippen molar-refractivity contribution in [2.24, 2.45) is 0 Å². The number of aryl methyl sites for hydroxylation is 2. The molecule has 0 radical (unpaired) electrons. The molecule has 0 aliphatic rings. The molecular weight excluding hydrogens is 180 g/mol. The van der Waals surface area contributed by atoms with Gasteiger partial charge in [0.15, 0.2) is 0 Å². The average Bonchev–Trinajstić information content (AvgIpc) is 2.16. The summed E-state index contributed by atoms with van der Waals surface area (Å²) in [4.78, 5) is 0. The lowest BCUT2D eigenvalue weighted by atomic mass is 10.1. The summed E-state index contributed by atoms with van der Waals surface area (Å²) in [6, 6.07) is 6.49. The van der Waals surface area contributed by atoms with E-state index in [0.717, 1.165) is 12.0 Å². The molecule has 1 aromatic carbocycles. The van der Waals surface area contributed by atoms with Gasteiger partial charge in [0, 0.05) is 12.0 Å². The van der Waals surface area contributed by atoms with Crippen LogP contribution in [0.4, 0.5) is 0 Å². The predicted molar refractivity (Wildman–Crippen MR) is 66.9 cm³/mol. The number of benzene rings is 1. The largest absolute Gasteiger partial charge is 0.0979 e. The number of rotatable bonds is 3. The first-order chi connectivity index (χ1) is 7.22. The summed E-state index contributed by atoms with van der Waals surface area (Å²) in [7, 11) is 0. The Kier molecular flexibility index (Phi) is 4.98. The highest BCUT2D eigenvalue weighted by Gasteiger charge is 1.91. The minimum Gasteiger partial charge on any atom is -0.0979 e. The van der Waals surface area contributed by atoms with Crippen LogP contribution < -0.4 is 0 Å². The second-order valence-corrected chi connectivity index (χ2v) is 4.14. The topological polar surface area (TPSA) is 0 Å². The van der Waals surface area contributed by atoms with Crippen LogP contribution in [0.1, 0.15) is 49.3 Å². The van der Waals surface area contributed by atoms with Crippen LogP contribution >= 0.6 is 0 Å². The molecule has 80 valence electrons. The van der Waals surface area contributed by atoms with E-state index < -0.39 is 0 Å². The molecule has 0 saturated carbocycles. The molecule has 0 N–H and O–H groups in total. The molecule has 0 amide bonds. The highest BCUT2D eigenvalue weighted by Crippen LogP contribution is 2.07. The Morgan fingerprint density at radius 3 is 2.27 bits per heavy atom. The van der Waals surface area contributed by atoms with Gasteiger partial charge in [0.2, 0.25) is 0 Å². The molecule has 1 rings (SSSR count). The normalized spacial score (nSPS) is 9.53. The van der Waals surface area contributed by atoms with Crippen LogP contribution in [-0.4, -0.2) is 0 Å². The SMILES string of the molecule is CCCCCC#Cc1cc(C)cc(C)c1. The Hall–Kier alpha value is -1.22. The smallest absolute Gasteiger partial charge is 0.0250 e. The zero-order valence-corrected chi connectivity index (χ0v) is 10.1. The lowest BCUT2D eigenvalue weighted by Gasteiger charge is -1.97. The Balaban J connectivity index is 2.55. The fourth-order valence-corrected chi connectivity index (χ4v) is 1.67. The third kappa shape index (κ3) is 4.70. The van der Waals surface area contributed by atoms with Crippen LogP contribution in [0.2, 0.25) is 0 Å². The number of hydrogen-bond donors (Lipinski definition) is 0. The molecule has 0 spiro atoms. The van der Waals surface area contributed by atoms with E-state index in [-0.39, 0.29) is 0 Å². The van der Waals surface area contributed by atoms with Crippen LogP contribution in [-0.2, 0) is 0 Å². The van der Waals surface area contributed by atoms with Gasteiger partial charge in [-0.1, -0.05) is 37.7 Å². The summed E-state index contributed by atoms with van der Waals surface area (Å²) in [6.07, 6.45) is 4.82. The van der Waals surface area contributed by atoms with Crippen molar-refractivity contribution < 1.29 is 0 Å². The molecule has 0 saturated heterocycles. The first kappa shape index (κ1) is 11.9. The van der Waals surface area contributed by atoms with Gasteiger partial charge in [-0.25, -0.2) is 0 Å². The third-order valence-corrected chi connectivity index (χ3v) is 2.36. The van der Waals surface area contributed by atoms with E-state index in [1.807, 2.05) is 0 Å². The molecule has 0 atom stereocenters. The minimum atomic E-state index is 1.03. The van der Waals surface area contributed by atoms with E-state index in [9.17, 15) is 0 Å². The van der Waals surface area contributed by atoms with Gasteiger partial charge in [-0.2, -0.15) is 0 Å². The summed E-state index contributed by atoms with van der Waals surface area (Å²) in [5.41, 5.74) is 3.75. The standard InChI is InChI=1S/C15H20/c1-4-5-6-7-8-9-15-11-13(2)10-14(3)12-15/h10-12H,4-7H2,1-3H3. The van der Waals surface area contributed by atoms with Gasteiger partial charge in [-0.3, -0.25) is 0 Å². The van der Waals surface area contributed by atoms with Crippen molar-refractivity contribution in [3.63, 3.8) is 0 Å². The van der Waals surface area contributed by atoms with Crippen molar-refractivity contribution >= 4 is 0 Å². The molecule has 0 aliphatic carbocycles. The highest BCUT2D eigenvalue weighted by molar-refractivity contribution is 5.39. The molecular formula is C15H20. The predicted octanol–water partition coefficient (Wildman–Crippen LogP) is 4.24. The van der Waals surface area contributed by atoms with Crippen molar-refractivity contribution in [3.05, 3.63) is 34.9 Å². The van der Waals surface area contributed by atoms with Gasteiger partial charge in [0.05, 0.1) is 0 Å². The van der Waals surface area contributed by atoms with Gasteiger partial charge in [-0.15, -0.1) is 0 Å². The maximum Gasteiger partial charge on any atom is 0.0250 e. The van der Waals surface area contributed by atoms with E-state index in [1.54, 1.807) is 0 Å². The maximum atomic E-state index is 3.24. The van der Waals surface area contributed by atoms with E-state index in [4.69, 9.17) is 0 Å². The number of hydrogen-bond acceptors (Lipinski definition) is 0. The molecule has 0 aliphatic heterocycles. The summed E-state index contributed by atoms with van der Waals surface area (Å²) < 4.78 is 0. The van der Waals surface area contributed by atoms with Crippen molar-refractivity contribution in [1.29, 1.82) is 0 Å². The van der Waals surface area contributed by atoms with E-state index in [2.05, 4.69) is 50.8 Å². The van der Waals surface area contributed by atoms with Gasteiger partial charge in [-0.05, 0) is 43.5 Å². The summed E-state index contributed by atoms with van der Waals surface area (Å²) >= 11 is 0. The molecule has 15 heavy (non-hydrogen) atoms. The first-order valence-electron chi connectivity index (χ1n) is 5.79. The third-order valence-electron chi connectivity index (χ3n) is 2.36. The minimum absolute atomic E-state index is 1.03. The van der Waals surface area contributed by atoms with E-state index >= 15 is 0 Å². The fraction of sp³-hybridized carbons (Fsp3) is 0.467. The quantitative estimate of drug-likeness (QED) is 0.506. The van der Waals surface area contributed by atoms with Crippen molar-refractivity contribution in [3.8, 4) is 11.8 Å². The van der Waals surface area contributed by atoms with Crippen molar-refractivity contribution in [2.75, 3.05) is 0 Å². The molecule has 0 unspecified atom stereocenters. The van der Waals surface area contributed by atoms with Gasteiger partial charge >= 0.3 is 0 Å². The van der Waals surface area contributed by atoms with Crippen molar-refractivity contribution in [1.82, 2.24) is 0 Å². The van der Waals surface area contributed by atoms with Crippen LogP contribution in [0.25, 0.3) is 0 Å². The molecule has 0 heteroatoms. The van der Waals surface area contributed by atoms with Gasteiger partial charge in [0.1, 0.15) is 0 Å². The maximum absolute atomic E-state index is 3.24. The second kappa shape index (κ2) is 6.30. The lowest BCUT2D eigenvalue weighted by molar-refractivity contribution is 0.737. The average molecular weight is 200 g/mol. The van der Waals surface area contributed by atoms with Crippen LogP contribution in [0.15, 0.2) is 18.2 Å². The lowest BCUT2D eigenvalue weighted by Crippen LogP contribution is -1.81. The van der Waals surface area contributed by atoms with E-state index in [1.165, 1.54) is 30.4 Å². The second-order valence-electron chi connectivity index (χ2n) is 4.14. The van der Waals surface area contributed by atoms with Gasteiger partial charge < -0.3 is 0 Å². The van der Waals surface area contributed by atoms with Crippen molar-refractivity contribution in [2.45, 2.75) is 46.5 Å². The molecule has 0 fully saturated rings. The molecule has 0 aromatic heterocycles. The van der Waals surface area contributed by atoms with Crippen LogP contribution in [0, 0.1) is 25.7 Å². The highest BCUT2D eigenvalue weighted by atomic mass is 14.0. The first-order valence-corrected chi connectivity index (χ1v) is 5.79. The summed E-state index contributed by atoms with van der Waals surface area (Å²) in [6.45, 7) is 6.46. The Morgan fingerprint density at radius 1 is 1.00 bits per heavy atom. The Bertz CT molecular complexity index is 343. The molecule has 1 aromatic rings. The molecule has 0 heterocycles. The molecule has 0 nitrogen and oxygen atoms in total. The van der Waals surface area contributed by atoms with Gasteiger partial charge in [0.25, 0.3) is 0 Å². The Labute approximate surface area is 93.7 Å². The monoisotopic (exact) mass is 200 g/mol. The molecule has 0 bridgehead atoms. The fourth-order valence-electron chi connectivity index (χ4n) is 1.67. The van der Waals surface area contributed by atoms with Crippen LogP contribution in [0.3, 0.4) is 0 Å². The summed E-state index contributed by atoms with van der Waals surface area (Å²) in [5.74, 6) is 6.48. The zero-order chi connectivity index (χ0) is 11.1. The van der Waals surface area contributed by atoms with E-state index in [0.29, 0.717) is 0 Å². The summed E-state index contributed by atoms with van der Waals surface area (Å²) in [5, 5.41) is 0.